The number of likely N-dealkylation sites (tertiary alicyclic amines) is 1. The van der Waals surface area contributed by atoms with Gasteiger partial charge in [-0.2, -0.15) is 0 Å². The molecule has 0 atom stereocenters. The van der Waals surface area contributed by atoms with Gasteiger partial charge in [-0.25, -0.2) is 0 Å². The van der Waals surface area contributed by atoms with Crippen molar-refractivity contribution in [2.45, 2.75) is 44.2 Å². The fraction of sp³-hybridized carbons (Fsp3) is 0.909. The fourth-order valence-corrected chi connectivity index (χ4v) is 3.09. The Morgan fingerprint density at radius 2 is 2.13 bits per heavy atom. The van der Waals surface area contributed by atoms with Gasteiger partial charge in [0.15, 0.2) is 0 Å². The first kappa shape index (κ1) is 10.9. The number of rotatable bonds is 3. The van der Waals surface area contributed by atoms with Gasteiger partial charge in [0, 0.05) is 18.6 Å². The average molecular weight is 212 g/mol. The highest BCUT2D eigenvalue weighted by Gasteiger charge is 2.50. The molecule has 0 aliphatic carbocycles. The lowest BCUT2D eigenvalue weighted by molar-refractivity contribution is -0.143. The van der Waals surface area contributed by atoms with Crippen LogP contribution in [0.4, 0.5) is 0 Å². The van der Waals surface area contributed by atoms with E-state index in [1.54, 1.807) is 0 Å². The largest absolute Gasteiger partial charge is 0.481 e. The number of carbonyl (C=O) groups is 1. The molecule has 4 heteroatoms. The van der Waals surface area contributed by atoms with Gasteiger partial charge in [0.05, 0.1) is 12.0 Å². The number of carboxylic acids is 1. The highest BCUT2D eigenvalue weighted by Crippen LogP contribution is 2.38. The van der Waals surface area contributed by atoms with Crippen LogP contribution in [0.2, 0.25) is 0 Å². The summed E-state index contributed by atoms with van der Waals surface area (Å²) in [6.45, 7) is 7.14. The normalized spacial score (nSPS) is 28.7. The highest BCUT2D eigenvalue weighted by molar-refractivity contribution is 5.69. The van der Waals surface area contributed by atoms with Crippen LogP contribution in [0.25, 0.3) is 0 Å². The van der Waals surface area contributed by atoms with Crippen LogP contribution in [0.1, 0.15) is 33.1 Å². The Balaban J connectivity index is 2.15. The summed E-state index contributed by atoms with van der Waals surface area (Å²) in [5, 5.41) is 12.2. The number of carboxylic acid groups (broad SMARTS) is 1. The monoisotopic (exact) mass is 212 g/mol. The molecule has 0 saturated carbocycles. The Morgan fingerprint density at radius 3 is 2.47 bits per heavy atom. The molecule has 2 aliphatic heterocycles. The van der Waals surface area contributed by atoms with Gasteiger partial charge in [-0.3, -0.25) is 9.69 Å². The van der Waals surface area contributed by atoms with Crippen molar-refractivity contribution in [1.29, 1.82) is 0 Å². The maximum Gasteiger partial charge on any atom is 0.305 e. The predicted molar refractivity (Wildman–Crippen MR) is 57.9 cm³/mol. The molecule has 2 heterocycles. The van der Waals surface area contributed by atoms with Crippen LogP contribution in [0.15, 0.2) is 0 Å². The lowest BCUT2D eigenvalue weighted by Gasteiger charge is -2.53. The number of hydrogen-bond acceptors (Lipinski definition) is 3. The third-order valence-corrected chi connectivity index (χ3v) is 3.86. The van der Waals surface area contributed by atoms with Crippen LogP contribution in [-0.4, -0.2) is 46.7 Å². The minimum absolute atomic E-state index is 0.119. The van der Waals surface area contributed by atoms with Crippen molar-refractivity contribution in [2.75, 3.05) is 19.6 Å². The summed E-state index contributed by atoms with van der Waals surface area (Å²) in [6.07, 6.45) is 2.63. The van der Waals surface area contributed by atoms with Crippen LogP contribution in [-0.2, 0) is 4.79 Å². The second-order valence-electron chi connectivity index (χ2n) is 5.47. The molecule has 2 fully saturated rings. The van der Waals surface area contributed by atoms with Gasteiger partial charge in [-0.1, -0.05) is 0 Å². The minimum Gasteiger partial charge on any atom is -0.481 e. The summed E-state index contributed by atoms with van der Waals surface area (Å²) in [7, 11) is 0. The van der Waals surface area contributed by atoms with Crippen molar-refractivity contribution in [3.05, 3.63) is 0 Å². The lowest BCUT2D eigenvalue weighted by Crippen LogP contribution is -2.72. The van der Waals surface area contributed by atoms with Gasteiger partial charge in [-0.15, -0.1) is 0 Å². The van der Waals surface area contributed by atoms with Gasteiger partial charge in [-0.05, 0) is 33.2 Å². The highest BCUT2D eigenvalue weighted by atomic mass is 16.4. The second kappa shape index (κ2) is 3.46. The second-order valence-corrected chi connectivity index (χ2v) is 5.47. The van der Waals surface area contributed by atoms with Gasteiger partial charge in [0.25, 0.3) is 0 Å². The maximum atomic E-state index is 10.9. The van der Waals surface area contributed by atoms with E-state index in [0.29, 0.717) is 0 Å². The van der Waals surface area contributed by atoms with E-state index in [9.17, 15) is 4.79 Å². The topological polar surface area (TPSA) is 52.6 Å². The molecular weight excluding hydrogens is 192 g/mol. The van der Waals surface area contributed by atoms with E-state index >= 15 is 0 Å². The molecular formula is C11H20N2O2. The molecule has 0 bridgehead atoms. The zero-order valence-electron chi connectivity index (χ0n) is 9.55. The van der Waals surface area contributed by atoms with Crippen LogP contribution < -0.4 is 5.32 Å². The average Bonchev–Trinajstić information content (AvgIpc) is 2.38. The van der Waals surface area contributed by atoms with E-state index in [2.05, 4.69) is 24.1 Å². The molecule has 2 rings (SSSR count). The molecule has 0 spiro atoms. The maximum absolute atomic E-state index is 10.9. The zero-order valence-corrected chi connectivity index (χ0v) is 9.55. The Hall–Kier alpha value is -0.610. The predicted octanol–water partition coefficient (Wildman–Crippen LogP) is 0.678. The van der Waals surface area contributed by atoms with Crippen molar-refractivity contribution < 1.29 is 9.90 Å². The lowest BCUT2D eigenvalue weighted by atomic mass is 9.83. The van der Waals surface area contributed by atoms with Crippen molar-refractivity contribution in [1.82, 2.24) is 10.2 Å². The molecule has 2 saturated heterocycles. The van der Waals surface area contributed by atoms with Crippen LogP contribution in [0.3, 0.4) is 0 Å². The molecule has 0 aromatic rings. The summed E-state index contributed by atoms with van der Waals surface area (Å²) < 4.78 is 0. The van der Waals surface area contributed by atoms with E-state index in [-0.39, 0.29) is 17.5 Å². The quantitative estimate of drug-likeness (QED) is 0.722. The van der Waals surface area contributed by atoms with Gasteiger partial charge in [0.2, 0.25) is 0 Å². The Morgan fingerprint density at radius 1 is 1.47 bits per heavy atom. The standard InChI is InChI=1S/C11H20N2O2/c1-10(2)4-3-5-13(10)11(6-9(14)15)7-12-8-11/h12H,3-8H2,1-2H3,(H,14,15). The SMILES string of the molecule is CC1(C)CCCN1C1(CC(=O)O)CNC1. The molecule has 15 heavy (non-hydrogen) atoms. The minimum atomic E-state index is -0.681. The smallest absolute Gasteiger partial charge is 0.305 e. The number of aliphatic carboxylic acids is 1. The summed E-state index contributed by atoms with van der Waals surface area (Å²) in [5.41, 5.74) is 0.0450. The van der Waals surface area contributed by atoms with Crippen LogP contribution in [0, 0.1) is 0 Å². The molecule has 0 unspecified atom stereocenters. The Kier molecular flexibility index (Phi) is 2.51. The van der Waals surface area contributed by atoms with E-state index in [4.69, 9.17) is 5.11 Å². The molecule has 86 valence electrons. The first-order chi connectivity index (χ1) is 6.96. The Bertz CT molecular complexity index is 272. The van der Waals surface area contributed by atoms with E-state index < -0.39 is 5.97 Å². The van der Waals surface area contributed by atoms with Crippen molar-refractivity contribution in [3.8, 4) is 0 Å². The van der Waals surface area contributed by atoms with Crippen molar-refractivity contribution in [3.63, 3.8) is 0 Å². The van der Waals surface area contributed by atoms with Crippen molar-refractivity contribution >= 4 is 5.97 Å². The summed E-state index contributed by atoms with van der Waals surface area (Å²) >= 11 is 0. The zero-order chi connectivity index (χ0) is 11.1. The number of hydrogen-bond donors (Lipinski definition) is 2. The number of nitrogens with one attached hydrogen (secondary N) is 1. The fourth-order valence-electron chi connectivity index (χ4n) is 3.09. The van der Waals surface area contributed by atoms with Gasteiger partial charge < -0.3 is 10.4 Å². The van der Waals surface area contributed by atoms with E-state index in [1.807, 2.05) is 0 Å². The summed E-state index contributed by atoms with van der Waals surface area (Å²) in [6, 6.07) is 0. The van der Waals surface area contributed by atoms with Crippen LogP contribution >= 0.6 is 0 Å². The molecule has 0 radical (unpaired) electrons. The van der Waals surface area contributed by atoms with E-state index in [0.717, 1.165) is 19.6 Å². The third-order valence-electron chi connectivity index (χ3n) is 3.86. The molecule has 2 aliphatic rings. The van der Waals surface area contributed by atoms with Gasteiger partial charge >= 0.3 is 5.97 Å². The van der Waals surface area contributed by atoms with Gasteiger partial charge in [0.1, 0.15) is 0 Å². The first-order valence-electron chi connectivity index (χ1n) is 5.67. The third kappa shape index (κ3) is 1.76. The first-order valence-corrected chi connectivity index (χ1v) is 5.67. The molecule has 0 aromatic heterocycles. The molecule has 4 nitrogen and oxygen atoms in total. The summed E-state index contributed by atoms with van der Waals surface area (Å²) in [4.78, 5) is 13.3. The molecule has 2 N–H and O–H groups in total. The molecule has 0 aromatic carbocycles. The number of nitrogens with zero attached hydrogens (tertiary/aromatic N) is 1. The summed E-state index contributed by atoms with van der Waals surface area (Å²) in [5.74, 6) is -0.681. The Labute approximate surface area is 90.6 Å². The van der Waals surface area contributed by atoms with Crippen LogP contribution in [0.5, 0.6) is 0 Å². The van der Waals surface area contributed by atoms with Crippen molar-refractivity contribution in [2.24, 2.45) is 0 Å². The van der Waals surface area contributed by atoms with E-state index in [1.165, 1.54) is 12.8 Å². The molecule has 0 amide bonds.